The summed E-state index contributed by atoms with van der Waals surface area (Å²) >= 11 is 0. The molecule has 1 aromatic carbocycles. The van der Waals surface area contributed by atoms with Gasteiger partial charge in [0.15, 0.2) is 12.4 Å². The van der Waals surface area contributed by atoms with Crippen LogP contribution < -0.4 is 10.2 Å². The number of benzene rings is 1. The number of aromatic nitrogens is 3. The zero-order valence-corrected chi connectivity index (χ0v) is 22.9. The van der Waals surface area contributed by atoms with Gasteiger partial charge in [0.2, 0.25) is 0 Å². The second kappa shape index (κ2) is 11.7. The zero-order valence-electron chi connectivity index (χ0n) is 22.9. The molecular weight excluding hydrogens is 484 g/mol. The standard InChI is InChI=1S/C28H38N6O4/c1-20(2)22-17-30-34-24(33(27(36)38-28(3,4)5)18-21-12-8-6-9-13-21)16-23(31-25(22)34)29-19-37-26(35)32-14-10-7-11-15-32/h6,8-9,12-13,16-17,20H,7,10-11,14-15,18-19H2,1-5H3,(H,29,31). The Hall–Kier alpha value is -3.82. The van der Waals surface area contributed by atoms with Crippen molar-refractivity contribution in [2.75, 3.05) is 30.0 Å². The maximum absolute atomic E-state index is 13.5. The molecule has 3 aromatic rings. The lowest BCUT2D eigenvalue weighted by Gasteiger charge is -2.28. The molecule has 204 valence electrons. The Labute approximate surface area is 223 Å². The van der Waals surface area contributed by atoms with Gasteiger partial charge in [0.1, 0.15) is 17.2 Å². The van der Waals surface area contributed by atoms with Gasteiger partial charge < -0.3 is 19.7 Å². The molecule has 0 radical (unpaired) electrons. The topological polar surface area (TPSA) is 101 Å². The van der Waals surface area contributed by atoms with Gasteiger partial charge in [-0.2, -0.15) is 9.61 Å². The summed E-state index contributed by atoms with van der Waals surface area (Å²) in [6.45, 7) is 11.3. The van der Waals surface area contributed by atoms with Crippen LogP contribution in [0.3, 0.4) is 0 Å². The molecular formula is C28H38N6O4. The molecule has 1 aliphatic heterocycles. The van der Waals surface area contributed by atoms with Crippen molar-refractivity contribution < 1.29 is 19.1 Å². The summed E-state index contributed by atoms with van der Waals surface area (Å²) in [4.78, 5) is 34.0. The van der Waals surface area contributed by atoms with Crippen LogP contribution in [0.25, 0.3) is 5.65 Å². The molecule has 1 aliphatic rings. The van der Waals surface area contributed by atoms with Crippen LogP contribution in [0.5, 0.6) is 0 Å². The van der Waals surface area contributed by atoms with E-state index in [1.807, 2.05) is 51.1 Å². The van der Waals surface area contributed by atoms with Crippen LogP contribution in [0.2, 0.25) is 0 Å². The fourth-order valence-electron chi connectivity index (χ4n) is 4.32. The molecule has 0 bridgehead atoms. The highest BCUT2D eigenvalue weighted by atomic mass is 16.6. The molecule has 0 saturated carbocycles. The van der Waals surface area contributed by atoms with Gasteiger partial charge in [-0.25, -0.2) is 14.6 Å². The Morgan fingerprint density at radius 1 is 1.11 bits per heavy atom. The Bertz CT molecular complexity index is 1250. The number of carbonyl (C=O) groups excluding carboxylic acids is 2. The number of rotatable bonds is 7. The molecule has 0 spiro atoms. The predicted octanol–water partition coefficient (Wildman–Crippen LogP) is 5.79. The molecule has 0 unspecified atom stereocenters. The molecule has 4 rings (SSSR count). The van der Waals surface area contributed by atoms with Crippen molar-refractivity contribution in [3.63, 3.8) is 0 Å². The molecule has 2 amide bonds. The van der Waals surface area contributed by atoms with Gasteiger partial charge in [0.25, 0.3) is 0 Å². The number of carbonyl (C=O) groups is 2. The number of piperidine rings is 1. The lowest BCUT2D eigenvalue weighted by atomic mass is 10.1. The summed E-state index contributed by atoms with van der Waals surface area (Å²) in [5.74, 6) is 1.11. The Balaban J connectivity index is 1.67. The number of nitrogens with zero attached hydrogens (tertiary/aromatic N) is 5. The van der Waals surface area contributed by atoms with Crippen molar-refractivity contribution in [3.8, 4) is 0 Å². The number of likely N-dealkylation sites (tertiary alicyclic amines) is 1. The van der Waals surface area contributed by atoms with Crippen molar-refractivity contribution in [1.29, 1.82) is 0 Å². The average Bonchev–Trinajstić information content (AvgIpc) is 3.31. The van der Waals surface area contributed by atoms with Crippen molar-refractivity contribution in [2.24, 2.45) is 0 Å². The molecule has 0 atom stereocenters. The van der Waals surface area contributed by atoms with E-state index < -0.39 is 11.7 Å². The quantitative estimate of drug-likeness (QED) is 0.392. The SMILES string of the molecule is CC(C)c1cnn2c(N(Cc3ccccc3)C(=O)OC(C)(C)C)cc(NCOC(=O)N3CCCCC3)nc12. The molecule has 38 heavy (non-hydrogen) atoms. The second-order valence-electron chi connectivity index (χ2n) is 10.8. The fraction of sp³-hybridized carbons (Fsp3) is 0.500. The maximum Gasteiger partial charge on any atom is 0.416 e. The summed E-state index contributed by atoms with van der Waals surface area (Å²) < 4.78 is 12.9. The van der Waals surface area contributed by atoms with Crippen molar-refractivity contribution in [1.82, 2.24) is 19.5 Å². The van der Waals surface area contributed by atoms with Crippen LogP contribution in [0.4, 0.5) is 21.2 Å². The molecule has 10 nitrogen and oxygen atoms in total. The van der Waals surface area contributed by atoms with Crippen LogP contribution >= 0.6 is 0 Å². The number of fused-ring (bicyclic) bond motifs is 1. The minimum Gasteiger partial charge on any atom is -0.443 e. The highest BCUT2D eigenvalue weighted by molar-refractivity contribution is 5.88. The number of hydrogen-bond donors (Lipinski definition) is 1. The third kappa shape index (κ3) is 6.73. The molecule has 1 saturated heterocycles. The van der Waals surface area contributed by atoms with Gasteiger partial charge in [-0.1, -0.05) is 44.2 Å². The van der Waals surface area contributed by atoms with E-state index in [1.54, 1.807) is 26.6 Å². The molecule has 0 aliphatic carbocycles. The first-order chi connectivity index (χ1) is 18.1. The van der Waals surface area contributed by atoms with Crippen molar-refractivity contribution in [2.45, 2.75) is 71.9 Å². The molecule has 3 heterocycles. The highest BCUT2D eigenvalue weighted by Gasteiger charge is 2.27. The van der Waals surface area contributed by atoms with Gasteiger partial charge in [-0.3, -0.25) is 4.90 Å². The number of nitrogens with one attached hydrogen (secondary N) is 1. The zero-order chi connectivity index (χ0) is 27.3. The van der Waals surface area contributed by atoms with E-state index >= 15 is 0 Å². The third-order valence-electron chi connectivity index (χ3n) is 6.24. The van der Waals surface area contributed by atoms with Crippen LogP contribution in [0.1, 0.15) is 70.9 Å². The maximum atomic E-state index is 13.5. The second-order valence-corrected chi connectivity index (χ2v) is 10.8. The van der Waals surface area contributed by atoms with Gasteiger partial charge in [-0.15, -0.1) is 0 Å². The fourth-order valence-corrected chi connectivity index (χ4v) is 4.32. The molecule has 2 aromatic heterocycles. The number of ether oxygens (including phenoxy) is 2. The normalized spacial score (nSPS) is 14.0. The van der Waals surface area contributed by atoms with Gasteiger partial charge >= 0.3 is 12.2 Å². The minimum atomic E-state index is -0.685. The van der Waals surface area contributed by atoms with Crippen LogP contribution in [-0.2, 0) is 16.0 Å². The summed E-state index contributed by atoms with van der Waals surface area (Å²) in [5, 5.41) is 7.69. The predicted molar refractivity (Wildman–Crippen MR) is 146 cm³/mol. The molecule has 1 N–H and O–H groups in total. The van der Waals surface area contributed by atoms with E-state index in [2.05, 4.69) is 24.3 Å². The number of amides is 2. The molecule has 1 fully saturated rings. The van der Waals surface area contributed by atoms with Crippen LogP contribution in [0.15, 0.2) is 42.6 Å². The lowest BCUT2D eigenvalue weighted by molar-refractivity contribution is 0.0575. The lowest BCUT2D eigenvalue weighted by Crippen LogP contribution is -2.38. The van der Waals surface area contributed by atoms with Gasteiger partial charge in [0.05, 0.1) is 12.7 Å². The van der Waals surface area contributed by atoms with E-state index in [4.69, 9.17) is 14.5 Å². The number of hydrogen-bond acceptors (Lipinski definition) is 7. The Kier molecular flexibility index (Phi) is 8.38. The summed E-state index contributed by atoms with van der Waals surface area (Å²) in [6, 6.07) is 11.4. The van der Waals surface area contributed by atoms with E-state index in [0.29, 0.717) is 30.4 Å². The summed E-state index contributed by atoms with van der Waals surface area (Å²) in [7, 11) is 0. The van der Waals surface area contributed by atoms with Crippen molar-refractivity contribution >= 4 is 29.5 Å². The van der Waals surface area contributed by atoms with E-state index in [-0.39, 0.29) is 25.3 Å². The number of anilines is 2. The minimum absolute atomic E-state index is 0.0474. The first-order valence-electron chi connectivity index (χ1n) is 13.2. The smallest absolute Gasteiger partial charge is 0.416 e. The summed E-state index contributed by atoms with van der Waals surface area (Å²) in [5.41, 5.74) is 1.80. The van der Waals surface area contributed by atoms with Gasteiger partial charge in [0, 0.05) is 24.7 Å². The first kappa shape index (κ1) is 27.2. The first-order valence-corrected chi connectivity index (χ1v) is 13.2. The largest absolute Gasteiger partial charge is 0.443 e. The Morgan fingerprint density at radius 3 is 2.47 bits per heavy atom. The van der Waals surface area contributed by atoms with E-state index in [0.717, 1.165) is 30.4 Å². The van der Waals surface area contributed by atoms with E-state index in [1.165, 1.54) is 0 Å². The van der Waals surface area contributed by atoms with Crippen LogP contribution in [-0.4, -0.2) is 57.1 Å². The summed E-state index contributed by atoms with van der Waals surface area (Å²) in [6.07, 6.45) is 4.04. The van der Waals surface area contributed by atoms with Crippen molar-refractivity contribution in [3.05, 3.63) is 53.7 Å². The highest BCUT2D eigenvalue weighted by Crippen LogP contribution is 2.28. The van der Waals surface area contributed by atoms with Crippen LogP contribution in [0, 0.1) is 0 Å². The van der Waals surface area contributed by atoms with Gasteiger partial charge in [-0.05, 0) is 51.5 Å². The monoisotopic (exact) mass is 522 g/mol. The van der Waals surface area contributed by atoms with E-state index in [9.17, 15) is 9.59 Å². The molecule has 10 heteroatoms. The Morgan fingerprint density at radius 2 is 1.82 bits per heavy atom. The third-order valence-corrected chi connectivity index (χ3v) is 6.24. The average molecular weight is 523 g/mol.